The molecule has 1 aromatic rings. The summed E-state index contributed by atoms with van der Waals surface area (Å²) in [5.41, 5.74) is 6.55. The van der Waals surface area contributed by atoms with E-state index in [0.717, 1.165) is 12.2 Å². The number of rotatable bonds is 7. The molecule has 0 saturated heterocycles. The van der Waals surface area contributed by atoms with Crippen molar-refractivity contribution in [3.05, 3.63) is 18.3 Å². The molecule has 0 aliphatic heterocycles. The molecule has 0 amide bonds. The number of ether oxygens (including phenoxy) is 2. The summed E-state index contributed by atoms with van der Waals surface area (Å²) in [6.45, 7) is 2.75. The standard InChI is InChI=1S/C11H19N3O2/c1-14(5-6-16-8-7-15-2)10-3-4-11(12)13-9-10/h3-4,9H,5-8H2,1-2H3,(H2,12,13). The Morgan fingerprint density at radius 2 is 2.12 bits per heavy atom. The van der Waals surface area contributed by atoms with Gasteiger partial charge in [0.15, 0.2) is 0 Å². The highest BCUT2D eigenvalue weighted by Crippen LogP contribution is 2.11. The van der Waals surface area contributed by atoms with Gasteiger partial charge in [-0.3, -0.25) is 0 Å². The lowest BCUT2D eigenvalue weighted by atomic mass is 10.3. The molecular formula is C11H19N3O2. The Morgan fingerprint density at radius 1 is 1.31 bits per heavy atom. The van der Waals surface area contributed by atoms with E-state index in [1.54, 1.807) is 19.4 Å². The van der Waals surface area contributed by atoms with E-state index in [1.165, 1.54) is 0 Å². The number of nitrogen functional groups attached to an aromatic ring is 1. The Hall–Kier alpha value is -1.33. The number of anilines is 2. The van der Waals surface area contributed by atoms with Crippen LogP contribution in [-0.2, 0) is 9.47 Å². The van der Waals surface area contributed by atoms with Crippen LogP contribution >= 0.6 is 0 Å². The van der Waals surface area contributed by atoms with Crippen molar-refractivity contribution in [3.63, 3.8) is 0 Å². The number of hydrogen-bond acceptors (Lipinski definition) is 5. The minimum Gasteiger partial charge on any atom is -0.384 e. The van der Waals surface area contributed by atoms with Gasteiger partial charge < -0.3 is 20.1 Å². The normalized spacial score (nSPS) is 10.4. The second kappa shape index (κ2) is 7.03. The maximum Gasteiger partial charge on any atom is 0.123 e. The number of hydrogen-bond donors (Lipinski definition) is 1. The summed E-state index contributed by atoms with van der Waals surface area (Å²) in [6.07, 6.45) is 1.75. The van der Waals surface area contributed by atoms with Crippen molar-refractivity contribution >= 4 is 11.5 Å². The van der Waals surface area contributed by atoms with Crippen molar-refractivity contribution in [2.75, 3.05) is 51.2 Å². The van der Waals surface area contributed by atoms with E-state index in [2.05, 4.69) is 9.88 Å². The zero-order chi connectivity index (χ0) is 11.8. The van der Waals surface area contributed by atoms with Crippen LogP contribution in [0.25, 0.3) is 0 Å². The van der Waals surface area contributed by atoms with E-state index >= 15 is 0 Å². The number of pyridine rings is 1. The van der Waals surface area contributed by atoms with Crippen molar-refractivity contribution in [2.24, 2.45) is 0 Å². The predicted octanol–water partition coefficient (Wildman–Crippen LogP) is 0.763. The van der Waals surface area contributed by atoms with Gasteiger partial charge in [0.1, 0.15) is 5.82 Å². The molecule has 1 aromatic heterocycles. The van der Waals surface area contributed by atoms with Crippen LogP contribution in [0.15, 0.2) is 18.3 Å². The fourth-order valence-electron chi connectivity index (χ4n) is 1.20. The van der Waals surface area contributed by atoms with E-state index < -0.39 is 0 Å². The summed E-state index contributed by atoms with van der Waals surface area (Å²) in [5, 5.41) is 0. The highest BCUT2D eigenvalue weighted by molar-refractivity contribution is 5.47. The van der Waals surface area contributed by atoms with Gasteiger partial charge in [-0.1, -0.05) is 0 Å². The molecule has 1 rings (SSSR count). The van der Waals surface area contributed by atoms with Gasteiger partial charge in [-0.05, 0) is 12.1 Å². The average Bonchev–Trinajstić information content (AvgIpc) is 2.29. The van der Waals surface area contributed by atoms with E-state index in [-0.39, 0.29) is 0 Å². The maximum atomic E-state index is 5.51. The molecule has 0 unspecified atom stereocenters. The van der Waals surface area contributed by atoms with Gasteiger partial charge in [0.2, 0.25) is 0 Å². The number of likely N-dealkylation sites (N-methyl/N-ethyl adjacent to an activating group) is 1. The molecule has 0 atom stereocenters. The van der Waals surface area contributed by atoms with Crippen LogP contribution in [0.5, 0.6) is 0 Å². The van der Waals surface area contributed by atoms with Crippen molar-refractivity contribution in [2.45, 2.75) is 0 Å². The Kier molecular flexibility index (Phi) is 5.60. The zero-order valence-corrected chi connectivity index (χ0v) is 9.85. The van der Waals surface area contributed by atoms with Gasteiger partial charge in [0, 0.05) is 20.7 Å². The average molecular weight is 225 g/mol. The molecule has 0 aromatic carbocycles. The summed E-state index contributed by atoms with van der Waals surface area (Å²) in [4.78, 5) is 6.10. The number of aromatic nitrogens is 1. The molecule has 16 heavy (non-hydrogen) atoms. The van der Waals surface area contributed by atoms with Crippen molar-refractivity contribution in [3.8, 4) is 0 Å². The molecule has 0 saturated carbocycles. The third kappa shape index (κ3) is 4.46. The van der Waals surface area contributed by atoms with Crippen LogP contribution in [0.4, 0.5) is 11.5 Å². The van der Waals surface area contributed by atoms with Crippen molar-refractivity contribution in [1.82, 2.24) is 4.98 Å². The van der Waals surface area contributed by atoms with Crippen LogP contribution in [-0.4, -0.2) is 45.5 Å². The Balaban J connectivity index is 2.24. The molecule has 0 fully saturated rings. The molecule has 0 radical (unpaired) electrons. The fraction of sp³-hybridized carbons (Fsp3) is 0.545. The molecule has 5 nitrogen and oxygen atoms in total. The molecule has 1 heterocycles. The molecule has 0 bridgehead atoms. The summed E-state index contributed by atoms with van der Waals surface area (Å²) in [6, 6.07) is 3.73. The first-order valence-electron chi connectivity index (χ1n) is 5.23. The first kappa shape index (κ1) is 12.7. The van der Waals surface area contributed by atoms with Gasteiger partial charge in [0.25, 0.3) is 0 Å². The van der Waals surface area contributed by atoms with Crippen molar-refractivity contribution < 1.29 is 9.47 Å². The molecule has 0 spiro atoms. The lowest BCUT2D eigenvalue weighted by Crippen LogP contribution is -2.23. The van der Waals surface area contributed by atoms with Crippen LogP contribution < -0.4 is 10.6 Å². The topological polar surface area (TPSA) is 60.6 Å². The van der Waals surface area contributed by atoms with Crippen molar-refractivity contribution in [1.29, 1.82) is 0 Å². The zero-order valence-electron chi connectivity index (χ0n) is 9.85. The highest BCUT2D eigenvalue weighted by atomic mass is 16.5. The third-order valence-corrected chi connectivity index (χ3v) is 2.21. The molecule has 90 valence electrons. The summed E-state index contributed by atoms with van der Waals surface area (Å²) in [5.74, 6) is 0.536. The van der Waals surface area contributed by atoms with Gasteiger partial charge in [-0.25, -0.2) is 4.98 Å². The first-order chi connectivity index (χ1) is 7.74. The summed E-state index contributed by atoms with van der Waals surface area (Å²) in [7, 11) is 3.66. The van der Waals surface area contributed by atoms with Crippen LogP contribution in [0.2, 0.25) is 0 Å². The fourth-order valence-corrected chi connectivity index (χ4v) is 1.20. The van der Waals surface area contributed by atoms with Gasteiger partial charge in [-0.2, -0.15) is 0 Å². The monoisotopic (exact) mass is 225 g/mol. The SMILES string of the molecule is COCCOCCN(C)c1ccc(N)nc1. The molecular weight excluding hydrogens is 206 g/mol. The first-order valence-corrected chi connectivity index (χ1v) is 5.23. The maximum absolute atomic E-state index is 5.51. The smallest absolute Gasteiger partial charge is 0.123 e. The van der Waals surface area contributed by atoms with Gasteiger partial charge in [-0.15, -0.1) is 0 Å². The van der Waals surface area contributed by atoms with Gasteiger partial charge in [0.05, 0.1) is 31.7 Å². The minimum absolute atomic E-state index is 0.536. The quantitative estimate of drug-likeness (QED) is 0.694. The largest absolute Gasteiger partial charge is 0.384 e. The van der Waals surface area contributed by atoms with E-state index in [9.17, 15) is 0 Å². The minimum atomic E-state index is 0.536. The van der Waals surface area contributed by atoms with Crippen LogP contribution in [0.3, 0.4) is 0 Å². The summed E-state index contributed by atoms with van der Waals surface area (Å²) < 4.78 is 10.3. The molecule has 0 aliphatic rings. The Morgan fingerprint density at radius 3 is 2.75 bits per heavy atom. The predicted molar refractivity (Wildman–Crippen MR) is 64.6 cm³/mol. The third-order valence-electron chi connectivity index (χ3n) is 2.21. The van der Waals surface area contributed by atoms with E-state index in [4.69, 9.17) is 15.2 Å². The Labute approximate surface area is 96.2 Å². The Bertz CT molecular complexity index is 290. The van der Waals surface area contributed by atoms with E-state index in [1.807, 2.05) is 13.1 Å². The second-order valence-electron chi connectivity index (χ2n) is 3.47. The number of methoxy groups -OCH3 is 1. The van der Waals surface area contributed by atoms with Crippen LogP contribution in [0, 0.1) is 0 Å². The van der Waals surface area contributed by atoms with E-state index in [0.29, 0.717) is 25.6 Å². The molecule has 5 heteroatoms. The lowest BCUT2D eigenvalue weighted by Gasteiger charge is -2.18. The van der Waals surface area contributed by atoms with Gasteiger partial charge >= 0.3 is 0 Å². The number of nitrogens with zero attached hydrogens (tertiary/aromatic N) is 2. The lowest BCUT2D eigenvalue weighted by molar-refractivity contribution is 0.0744. The number of nitrogens with two attached hydrogens (primary N) is 1. The second-order valence-corrected chi connectivity index (χ2v) is 3.47. The highest BCUT2D eigenvalue weighted by Gasteiger charge is 2.00. The van der Waals surface area contributed by atoms with Crippen LogP contribution in [0.1, 0.15) is 0 Å². The summed E-state index contributed by atoms with van der Waals surface area (Å²) >= 11 is 0. The molecule has 2 N–H and O–H groups in total. The molecule has 0 aliphatic carbocycles.